The quantitative estimate of drug-likeness (QED) is 0.852. The van der Waals surface area contributed by atoms with E-state index in [1.54, 1.807) is 0 Å². The molecule has 2 aliphatic rings. The van der Waals surface area contributed by atoms with Gasteiger partial charge in [0.15, 0.2) is 0 Å². The molecule has 0 spiro atoms. The zero-order valence-corrected chi connectivity index (χ0v) is 10.3. The van der Waals surface area contributed by atoms with Gasteiger partial charge >= 0.3 is 0 Å². The van der Waals surface area contributed by atoms with Crippen LogP contribution in [0.25, 0.3) is 0 Å². The average molecular weight is 239 g/mol. The van der Waals surface area contributed by atoms with Crippen LogP contribution in [0.4, 0.5) is 11.4 Å². The molecular weight excluding hydrogens is 220 g/mol. The van der Waals surface area contributed by atoms with Crippen LogP contribution in [0.1, 0.15) is 19.3 Å². The Labute approximate surface area is 103 Å². The maximum atomic E-state index is 3.46. The first-order chi connectivity index (χ1) is 7.43. The summed E-state index contributed by atoms with van der Waals surface area (Å²) >= 11 is 0. The van der Waals surface area contributed by atoms with E-state index in [0.29, 0.717) is 0 Å². The molecule has 0 amide bonds. The summed E-state index contributed by atoms with van der Waals surface area (Å²) in [6, 6.07) is 8.67. The number of hydrogen-bond donors (Lipinski definition) is 1. The molecule has 1 N–H and O–H groups in total. The van der Waals surface area contributed by atoms with Crippen molar-refractivity contribution in [3.8, 4) is 0 Å². The number of benzene rings is 1. The molecule has 1 fully saturated rings. The van der Waals surface area contributed by atoms with Gasteiger partial charge in [-0.05, 0) is 30.9 Å². The molecule has 1 aliphatic carbocycles. The van der Waals surface area contributed by atoms with Crippen molar-refractivity contribution < 1.29 is 0 Å². The molecule has 1 aromatic carbocycles. The highest BCUT2D eigenvalue weighted by molar-refractivity contribution is 5.85. The first-order valence-electron chi connectivity index (χ1n) is 6.01. The van der Waals surface area contributed by atoms with E-state index in [2.05, 4.69) is 34.5 Å². The van der Waals surface area contributed by atoms with Crippen molar-refractivity contribution in [1.29, 1.82) is 0 Å². The summed E-state index contributed by atoms with van der Waals surface area (Å²) in [5.41, 5.74) is 2.71. The Morgan fingerprint density at radius 1 is 1.25 bits per heavy atom. The zero-order valence-electron chi connectivity index (χ0n) is 9.48. The summed E-state index contributed by atoms with van der Waals surface area (Å²) in [4.78, 5) is 2.55. The maximum Gasteiger partial charge on any atom is 0.0602 e. The molecule has 3 heteroatoms. The van der Waals surface area contributed by atoms with Gasteiger partial charge in [0.05, 0.1) is 11.4 Å². The van der Waals surface area contributed by atoms with E-state index in [-0.39, 0.29) is 12.4 Å². The lowest BCUT2D eigenvalue weighted by atomic mass is 9.85. The van der Waals surface area contributed by atoms with Crippen LogP contribution in [-0.4, -0.2) is 19.6 Å². The molecule has 0 radical (unpaired) electrons. The molecular formula is C13H19ClN2. The van der Waals surface area contributed by atoms with Crippen LogP contribution in [-0.2, 0) is 0 Å². The molecule has 16 heavy (non-hydrogen) atoms. The van der Waals surface area contributed by atoms with Gasteiger partial charge in [-0.15, -0.1) is 12.4 Å². The van der Waals surface area contributed by atoms with Gasteiger partial charge in [-0.25, -0.2) is 0 Å². The molecule has 1 aliphatic heterocycles. The lowest BCUT2D eigenvalue weighted by Crippen LogP contribution is -2.39. The minimum Gasteiger partial charge on any atom is -0.382 e. The fourth-order valence-electron chi connectivity index (χ4n) is 2.52. The van der Waals surface area contributed by atoms with E-state index in [9.17, 15) is 0 Å². The van der Waals surface area contributed by atoms with Crippen LogP contribution >= 0.6 is 12.4 Å². The van der Waals surface area contributed by atoms with E-state index in [4.69, 9.17) is 0 Å². The van der Waals surface area contributed by atoms with Crippen molar-refractivity contribution in [2.75, 3.05) is 29.9 Å². The molecule has 1 aromatic rings. The number of halogens is 1. The zero-order chi connectivity index (χ0) is 10.1. The van der Waals surface area contributed by atoms with E-state index in [1.807, 2.05) is 0 Å². The molecule has 88 valence electrons. The van der Waals surface area contributed by atoms with Crippen LogP contribution in [0.5, 0.6) is 0 Å². The second kappa shape index (κ2) is 4.96. The third-order valence-corrected chi connectivity index (χ3v) is 3.65. The maximum absolute atomic E-state index is 3.46. The fraction of sp³-hybridized carbons (Fsp3) is 0.538. The highest BCUT2D eigenvalue weighted by atomic mass is 35.5. The normalized spacial score (nSPS) is 19.1. The van der Waals surface area contributed by atoms with E-state index >= 15 is 0 Å². The molecule has 1 heterocycles. The predicted octanol–water partition coefficient (Wildman–Crippen LogP) is 3.14. The van der Waals surface area contributed by atoms with Gasteiger partial charge in [0.25, 0.3) is 0 Å². The van der Waals surface area contributed by atoms with Crippen LogP contribution in [0.2, 0.25) is 0 Å². The van der Waals surface area contributed by atoms with Crippen LogP contribution in [0.3, 0.4) is 0 Å². The molecule has 0 atom stereocenters. The third kappa shape index (κ3) is 2.12. The number of nitrogens with one attached hydrogen (secondary N) is 1. The number of hydrogen-bond acceptors (Lipinski definition) is 2. The molecule has 3 rings (SSSR count). The summed E-state index contributed by atoms with van der Waals surface area (Å²) < 4.78 is 0. The average Bonchev–Trinajstić information content (AvgIpc) is 2.23. The summed E-state index contributed by atoms with van der Waals surface area (Å²) in [7, 11) is 0. The second-order valence-electron chi connectivity index (χ2n) is 4.69. The second-order valence-corrected chi connectivity index (χ2v) is 4.69. The number of anilines is 2. The standard InChI is InChI=1S/C13H18N2.ClH/c1-2-7-13-12(6-1)14-8-9-15(13)10-11-4-3-5-11;/h1-2,6-7,11,14H,3-5,8-10H2;1H. The van der Waals surface area contributed by atoms with E-state index in [1.165, 1.54) is 37.2 Å². The third-order valence-electron chi connectivity index (χ3n) is 3.65. The van der Waals surface area contributed by atoms with Gasteiger partial charge in [0.1, 0.15) is 0 Å². The minimum absolute atomic E-state index is 0. The fourth-order valence-corrected chi connectivity index (χ4v) is 2.52. The molecule has 0 unspecified atom stereocenters. The molecule has 2 nitrogen and oxygen atoms in total. The first-order valence-corrected chi connectivity index (χ1v) is 6.01. The SMILES string of the molecule is Cl.c1ccc2c(c1)NCCN2CC1CCC1. The van der Waals surface area contributed by atoms with E-state index < -0.39 is 0 Å². The van der Waals surface area contributed by atoms with Crippen LogP contribution < -0.4 is 10.2 Å². The Morgan fingerprint density at radius 2 is 2.06 bits per heavy atom. The van der Waals surface area contributed by atoms with Gasteiger partial charge in [-0.2, -0.15) is 0 Å². The lowest BCUT2D eigenvalue weighted by molar-refractivity contribution is 0.318. The van der Waals surface area contributed by atoms with Crippen molar-refractivity contribution >= 4 is 23.8 Å². The highest BCUT2D eigenvalue weighted by Crippen LogP contribution is 2.33. The smallest absolute Gasteiger partial charge is 0.0602 e. The highest BCUT2D eigenvalue weighted by Gasteiger charge is 2.23. The lowest BCUT2D eigenvalue weighted by Gasteiger charge is -2.37. The topological polar surface area (TPSA) is 15.3 Å². The van der Waals surface area contributed by atoms with Crippen molar-refractivity contribution in [2.24, 2.45) is 5.92 Å². The van der Waals surface area contributed by atoms with Gasteiger partial charge in [-0.1, -0.05) is 18.6 Å². The largest absolute Gasteiger partial charge is 0.382 e. The summed E-state index contributed by atoms with van der Waals surface area (Å²) in [5.74, 6) is 0.955. The van der Waals surface area contributed by atoms with Crippen LogP contribution in [0.15, 0.2) is 24.3 Å². The summed E-state index contributed by atoms with van der Waals surface area (Å²) in [5, 5.41) is 3.46. The van der Waals surface area contributed by atoms with Gasteiger partial charge in [0.2, 0.25) is 0 Å². The Hall–Kier alpha value is -0.890. The predicted molar refractivity (Wildman–Crippen MR) is 71.7 cm³/mol. The van der Waals surface area contributed by atoms with E-state index in [0.717, 1.165) is 19.0 Å². The van der Waals surface area contributed by atoms with Crippen LogP contribution in [0, 0.1) is 5.92 Å². The summed E-state index contributed by atoms with van der Waals surface area (Å²) in [6.45, 7) is 3.51. The Balaban J connectivity index is 0.000000963. The Bertz CT molecular complexity index is 350. The Morgan fingerprint density at radius 3 is 2.81 bits per heavy atom. The van der Waals surface area contributed by atoms with Crippen molar-refractivity contribution in [3.63, 3.8) is 0 Å². The molecule has 1 saturated carbocycles. The van der Waals surface area contributed by atoms with Gasteiger partial charge < -0.3 is 10.2 Å². The molecule has 0 aromatic heterocycles. The number of para-hydroxylation sites is 2. The van der Waals surface area contributed by atoms with Crippen molar-refractivity contribution in [1.82, 2.24) is 0 Å². The number of fused-ring (bicyclic) bond motifs is 1. The number of rotatable bonds is 2. The Kier molecular flexibility index (Phi) is 3.59. The van der Waals surface area contributed by atoms with Crippen molar-refractivity contribution in [2.45, 2.75) is 19.3 Å². The van der Waals surface area contributed by atoms with Gasteiger partial charge in [-0.3, -0.25) is 0 Å². The summed E-state index contributed by atoms with van der Waals surface area (Å²) in [6.07, 6.45) is 4.32. The first kappa shape index (κ1) is 11.6. The van der Waals surface area contributed by atoms with Crippen molar-refractivity contribution in [3.05, 3.63) is 24.3 Å². The number of nitrogens with zero attached hydrogens (tertiary/aromatic N) is 1. The molecule has 0 bridgehead atoms. The minimum atomic E-state index is 0. The molecule has 0 saturated heterocycles. The monoisotopic (exact) mass is 238 g/mol. The van der Waals surface area contributed by atoms with Gasteiger partial charge in [0, 0.05) is 19.6 Å².